The Labute approximate surface area is 122 Å². The standard InChI is InChI=1S/C18H22O2/c1-2-3-4-5-6-7-8-9-10-11-12-13-14-15-16-17-18(19)20/h2H,1,3-4,11-17H2,(H,19,20). The fraction of sp³-hybridized carbons (Fsp3) is 0.500. The van der Waals surface area contributed by atoms with Crippen LogP contribution in [-0.2, 0) is 4.79 Å². The normalized spacial score (nSPS) is 8.20. The van der Waals surface area contributed by atoms with Gasteiger partial charge in [0.15, 0.2) is 0 Å². The van der Waals surface area contributed by atoms with Gasteiger partial charge in [0.05, 0.1) is 0 Å². The van der Waals surface area contributed by atoms with E-state index in [2.05, 4.69) is 42.1 Å². The van der Waals surface area contributed by atoms with Crippen molar-refractivity contribution in [2.75, 3.05) is 0 Å². The van der Waals surface area contributed by atoms with E-state index in [1.54, 1.807) is 0 Å². The molecular formula is C18H22O2. The van der Waals surface area contributed by atoms with E-state index in [4.69, 9.17) is 5.11 Å². The van der Waals surface area contributed by atoms with Crippen molar-refractivity contribution in [3.05, 3.63) is 12.7 Å². The van der Waals surface area contributed by atoms with Crippen LogP contribution in [0.15, 0.2) is 12.7 Å². The summed E-state index contributed by atoms with van der Waals surface area (Å²) in [6.45, 7) is 3.62. The van der Waals surface area contributed by atoms with Gasteiger partial charge in [0.25, 0.3) is 0 Å². The molecule has 0 saturated carbocycles. The summed E-state index contributed by atoms with van der Waals surface area (Å²) in [5, 5.41) is 8.47. The molecule has 0 aromatic heterocycles. The van der Waals surface area contributed by atoms with Crippen molar-refractivity contribution in [1.29, 1.82) is 0 Å². The molecule has 0 aliphatic carbocycles. The van der Waals surface area contributed by atoms with E-state index < -0.39 is 5.97 Å². The molecule has 0 rings (SSSR count). The predicted octanol–water partition coefficient (Wildman–Crippen LogP) is 3.78. The highest BCUT2D eigenvalue weighted by molar-refractivity contribution is 5.66. The Hall–Kier alpha value is -2.11. The molecule has 0 saturated heterocycles. The summed E-state index contributed by atoms with van der Waals surface area (Å²) < 4.78 is 0. The van der Waals surface area contributed by atoms with Crippen LogP contribution in [0, 0.1) is 35.5 Å². The molecule has 0 atom stereocenters. The van der Waals surface area contributed by atoms with Crippen molar-refractivity contribution in [2.45, 2.75) is 57.8 Å². The van der Waals surface area contributed by atoms with Gasteiger partial charge in [-0.15, -0.1) is 6.58 Å². The van der Waals surface area contributed by atoms with Gasteiger partial charge in [0.2, 0.25) is 0 Å². The first-order chi connectivity index (χ1) is 9.77. The minimum atomic E-state index is -0.706. The van der Waals surface area contributed by atoms with Crippen molar-refractivity contribution in [1.82, 2.24) is 0 Å². The van der Waals surface area contributed by atoms with Gasteiger partial charge >= 0.3 is 5.97 Å². The number of rotatable bonds is 9. The molecule has 0 aliphatic rings. The van der Waals surface area contributed by atoms with Crippen molar-refractivity contribution in [2.24, 2.45) is 0 Å². The number of allylic oxidation sites excluding steroid dienone is 1. The molecule has 2 nitrogen and oxygen atoms in total. The lowest BCUT2D eigenvalue weighted by atomic mass is 10.1. The Morgan fingerprint density at radius 1 is 0.900 bits per heavy atom. The third-order valence-electron chi connectivity index (χ3n) is 2.53. The molecular weight excluding hydrogens is 248 g/mol. The van der Waals surface area contributed by atoms with E-state index >= 15 is 0 Å². The zero-order valence-electron chi connectivity index (χ0n) is 12.0. The van der Waals surface area contributed by atoms with Gasteiger partial charge in [0.1, 0.15) is 0 Å². The number of carbonyl (C=O) groups is 1. The molecule has 0 bridgehead atoms. The maximum atomic E-state index is 10.3. The van der Waals surface area contributed by atoms with Gasteiger partial charge in [-0.25, -0.2) is 0 Å². The number of aliphatic carboxylic acids is 1. The molecule has 0 amide bonds. The van der Waals surface area contributed by atoms with E-state index in [9.17, 15) is 4.79 Å². The van der Waals surface area contributed by atoms with E-state index in [-0.39, 0.29) is 6.42 Å². The Kier molecular flexibility index (Phi) is 13.4. The molecule has 0 radical (unpaired) electrons. The molecule has 0 aliphatic heterocycles. The van der Waals surface area contributed by atoms with Crippen LogP contribution >= 0.6 is 0 Å². The number of carboxylic acids is 1. The van der Waals surface area contributed by atoms with Crippen LogP contribution in [0.3, 0.4) is 0 Å². The highest BCUT2D eigenvalue weighted by atomic mass is 16.4. The Balaban J connectivity index is 3.44. The molecule has 0 aromatic carbocycles. The predicted molar refractivity (Wildman–Crippen MR) is 82.7 cm³/mol. The third-order valence-corrected chi connectivity index (χ3v) is 2.53. The van der Waals surface area contributed by atoms with E-state index in [0.29, 0.717) is 0 Å². The lowest BCUT2D eigenvalue weighted by Crippen LogP contribution is -1.93. The van der Waals surface area contributed by atoms with E-state index in [0.717, 1.165) is 51.4 Å². The second kappa shape index (κ2) is 14.9. The van der Waals surface area contributed by atoms with Gasteiger partial charge < -0.3 is 5.11 Å². The zero-order valence-corrected chi connectivity index (χ0v) is 12.0. The van der Waals surface area contributed by atoms with Gasteiger partial charge in [-0.05, 0) is 42.9 Å². The summed E-state index contributed by atoms with van der Waals surface area (Å²) in [5.74, 6) is 16.1. The molecule has 0 spiro atoms. The van der Waals surface area contributed by atoms with Gasteiger partial charge in [-0.2, -0.15) is 0 Å². The van der Waals surface area contributed by atoms with Crippen LogP contribution < -0.4 is 0 Å². The number of hydrogen-bond acceptors (Lipinski definition) is 1. The van der Waals surface area contributed by atoms with Gasteiger partial charge in [0, 0.05) is 19.3 Å². The Bertz CT molecular complexity index is 455. The summed E-state index contributed by atoms with van der Waals surface area (Å²) in [6, 6.07) is 0. The second-order valence-corrected chi connectivity index (χ2v) is 4.34. The minimum absolute atomic E-state index is 0.281. The monoisotopic (exact) mass is 270 g/mol. The molecule has 0 fully saturated rings. The smallest absolute Gasteiger partial charge is 0.303 e. The first-order valence-electron chi connectivity index (χ1n) is 7.05. The van der Waals surface area contributed by atoms with Crippen LogP contribution in [-0.4, -0.2) is 11.1 Å². The Morgan fingerprint density at radius 2 is 1.50 bits per heavy atom. The maximum absolute atomic E-state index is 10.3. The zero-order chi connectivity index (χ0) is 14.9. The van der Waals surface area contributed by atoms with E-state index in [1.165, 1.54) is 0 Å². The Morgan fingerprint density at radius 3 is 2.15 bits per heavy atom. The molecule has 20 heavy (non-hydrogen) atoms. The van der Waals surface area contributed by atoms with Crippen LogP contribution in [0.25, 0.3) is 0 Å². The number of hydrogen-bond donors (Lipinski definition) is 1. The van der Waals surface area contributed by atoms with Crippen molar-refractivity contribution in [3.8, 4) is 35.5 Å². The summed E-state index contributed by atoms with van der Waals surface area (Å²) in [6.07, 6.45) is 9.65. The van der Waals surface area contributed by atoms with Crippen LogP contribution in [0.5, 0.6) is 0 Å². The van der Waals surface area contributed by atoms with Crippen molar-refractivity contribution in [3.63, 3.8) is 0 Å². The van der Waals surface area contributed by atoms with Crippen molar-refractivity contribution < 1.29 is 9.90 Å². The summed E-state index contributed by atoms with van der Waals surface area (Å²) >= 11 is 0. The highest BCUT2D eigenvalue weighted by Crippen LogP contribution is 2.06. The highest BCUT2D eigenvalue weighted by Gasteiger charge is 1.95. The number of unbranched alkanes of at least 4 members (excludes halogenated alkanes) is 6. The topological polar surface area (TPSA) is 37.3 Å². The summed E-state index contributed by atoms with van der Waals surface area (Å²) in [5.41, 5.74) is 0. The quantitative estimate of drug-likeness (QED) is 0.393. The lowest BCUT2D eigenvalue weighted by molar-refractivity contribution is -0.137. The fourth-order valence-corrected chi connectivity index (χ4v) is 1.47. The fourth-order valence-electron chi connectivity index (χ4n) is 1.47. The maximum Gasteiger partial charge on any atom is 0.303 e. The average molecular weight is 270 g/mol. The molecule has 0 heterocycles. The first kappa shape index (κ1) is 17.9. The average Bonchev–Trinajstić information content (AvgIpc) is 2.43. The molecule has 106 valence electrons. The molecule has 0 unspecified atom stereocenters. The molecule has 1 N–H and O–H groups in total. The second-order valence-electron chi connectivity index (χ2n) is 4.34. The molecule has 2 heteroatoms. The minimum Gasteiger partial charge on any atom is -0.481 e. The summed E-state index contributed by atoms with van der Waals surface area (Å²) in [4.78, 5) is 10.3. The lowest BCUT2D eigenvalue weighted by Gasteiger charge is -1.96. The summed E-state index contributed by atoms with van der Waals surface area (Å²) in [7, 11) is 0. The van der Waals surface area contributed by atoms with Gasteiger partial charge in [-0.1, -0.05) is 37.2 Å². The number of carboxylic acid groups (broad SMARTS) is 1. The third kappa shape index (κ3) is 15.9. The van der Waals surface area contributed by atoms with Crippen molar-refractivity contribution >= 4 is 5.97 Å². The SMILES string of the molecule is C=CCCC#CC#CC#CCCCCCCCC(=O)O. The van der Waals surface area contributed by atoms with Crippen LogP contribution in [0.4, 0.5) is 0 Å². The van der Waals surface area contributed by atoms with Gasteiger partial charge in [-0.3, -0.25) is 4.79 Å². The van der Waals surface area contributed by atoms with Crippen LogP contribution in [0.2, 0.25) is 0 Å². The van der Waals surface area contributed by atoms with Crippen LogP contribution in [0.1, 0.15) is 57.8 Å². The largest absolute Gasteiger partial charge is 0.481 e. The molecule has 0 aromatic rings. The first-order valence-corrected chi connectivity index (χ1v) is 7.05. The van der Waals surface area contributed by atoms with E-state index in [1.807, 2.05) is 6.08 Å².